The van der Waals surface area contributed by atoms with Crippen LogP contribution in [0.3, 0.4) is 0 Å². The first-order valence-corrected chi connectivity index (χ1v) is 8.47. The highest BCUT2D eigenvalue weighted by molar-refractivity contribution is 6.03. The Morgan fingerprint density at radius 3 is 2.50 bits per heavy atom. The van der Waals surface area contributed by atoms with E-state index in [-0.39, 0.29) is 17.6 Å². The Bertz CT molecular complexity index is 923. The normalized spacial score (nSPS) is 10.5. The minimum atomic E-state index is -0.364. The summed E-state index contributed by atoms with van der Waals surface area (Å²) < 4.78 is 5.16. The molecule has 0 aliphatic heterocycles. The number of rotatable bonds is 6. The molecule has 0 fully saturated rings. The van der Waals surface area contributed by atoms with Crippen molar-refractivity contribution in [2.24, 2.45) is 0 Å². The van der Waals surface area contributed by atoms with Gasteiger partial charge in [0.1, 0.15) is 5.69 Å². The standard InChI is InChI=1S/C20H19N3O3/c1-2-3-12-26-20(25)14-8-10-15(11-9-14)22-19(24)18-13-21-16-6-4-5-7-17(16)23-18/h4-11,13H,2-3,12H2,1H3,(H,22,24). The Hall–Kier alpha value is -3.28. The summed E-state index contributed by atoms with van der Waals surface area (Å²) in [6.45, 7) is 2.44. The van der Waals surface area contributed by atoms with Gasteiger partial charge in [0, 0.05) is 5.69 Å². The molecule has 0 saturated carbocycles. The number of ether oxygens (including phenoxy) is 1. The van der Waals surface area contributed by atoms with E-state index in [0.717, 1.165) is 18.4 Å². The van der Waals surface area contributed by atoms with Gasteiger partial charge in [0.05, 0.1) is 29.4 Å². The second-order valence-electron chi connectivity index (χ2n) is 5.76. The summed E-state index contributed by atoms with van der Waals surface area (Å²) in [5.41, 5.74) is 2.63. The summed E-state index contributed by atoms with van der Waals surface area (Å²) in [6, 6.07) is 13.9. The van der Waals surface area contributed by atoms with Gasteiger partial charge in [-0.1, -0.05) is 25.5 Å². The third kappa shape index (κ3) is 4.22. The number of carbonyl (C=O) groups excluding carboxylic acids is 2. The number of esters is 1. The fraction of sp³-hybridized carbons (Fsp3) is 0.200. The zero-order chi connectivity index (χ0) is 18.4. The van der Waals surface area contributed by atoms with E-state index in [1.807, 2.05) is 25.1 Å². The molecule has 132 valence electrons. The Balaban J connectivity index is 1.66. The summed E-state index contributed by atoms with van der Waals surface area (Å²) in [6.07, 6.45) is 3.25. The number of anilines is 1. The lowest BCUT2D eigenvalue weighted by Crippen LogP contribution is -2.14. The maximum Gasteiger partial charge on any atom is 0.338 e. The third-order valence-corrected chi connectivity index (χ3v) is 3.79. The lowest BCUT2D eigenvalue weighted by molar-refractivity contribution is 0.0499. The van der Waals surface area contributed by atoms with Gasteiger partial charge in [-0.15, -0.1) is 0 Å². The zero-order valence-corrected chi connectivity index (χ0v) is 14.4. The minimum Gasteiger partial charge on any atom is -0.462 e. The highest BCUT2D eigenvalue weighted by Gasteiger charge is 2.11. The van der Waals surface area contributed by atoms with Crippen molar-refractivity contribution in [1.29, 1.82) is 0 Å². The van der Waals surface area contributed by atoms with Crippen LogP contribution in [0.1, 0.15) is 40.6 Å². The van der Waals surface area contributed by atoms with Gasteiger partial charge < -0.3 is 10.1 Å². The maximum atomic E-state index is 12.3. The first kappa shape index (κ1) is 17.5. The number of amides is 1. The van der Waals surface area contributed by atoms with Gasteiger partial charge in [-0.05, 0) is 42.8 Å². The van der Waals surface area contributed by atoms with E-state index in [4.69, 9.17) is 4.74 Å². The van der Waals surface area contributed by atoms with E-state index in [0.29, 0.717) is 23.4 Å². The molecule has 1 N–H and O–H groups in total. The van der Waals surface area contributed by atoms with Crippen LogP contribution in [-0.4, -0.2) is 28.5 Å². The molecule has 0 unspecified atom stereocenters. The zero-order valence-electron chi connectivity index (χ0n) is 14.4. The Morgan fingerprint density at radius 1 is 1.04 bits per heavy atom. The molecule has 3 aromatic rings. The molecular weight excluding hydrogens is 330 g/mol. The van der Waals surface area contributed by atoms with Crippen LogP contribution in [0.25, 0.3) is 11.0 Å². The van der Waals surface area contributed by atoms with Crippen LogP contribution in [0.5, 0.6) is 0 Å². The van der Waals surface area contributed by atoms with Crippen molar-refractivity contribution in [3.8, 4) is 0 Å². The number of hydrogen-bond donors (Lipinski definition) is 1. The molecule has 0 aliphatic rings. The SMILES string of the molecule is CCCCOC(=O)c1ccc(NC(=O)c2cnc3ccccc3n2)cc1. The van der Waals surface area contributed by atoms with Crippen molar-refractivity contribution in [2.75, 3.05) is 11.9 Å². The summed E-state index contributed by atoms with van der Waals surface area (Å²) in [4.78, 5) is 32.8. The summed E-state index contributed by atoms with van der Waals surface area (Å²) >= 11 is 0. The molecule has 0 bridgehead atoms. The van der Waals surface area contributed by atoms with Gasteiger partial charge in [-0.25, -0.2) is 9.78 Å². The molecule has 0 radical (unpaired) electrons. The number of unbranched alkanes of at least 4 members (excludes halogenated alkanes) is 1. The number of aromatic nitrogens is 2. The van der Waals surface area contributed by atoms with Crippen LogP contribution in [0.2, 0.25) is 0 Å². The van der Waals surface area contributed by atoms with E-state index in [1.54, 1.807) is 30.3 Å². The first-order chi connectivity index (χ1) is 12.7. The van der Waals surface area contributed by atoms with Gasteiger partial charge >= 0.3 is 5.97 Å². The van der Waals surface area contributed by atoms with Gasteiger partial charge in [-0.2, -0.15) is 0 Å². The number of para-hydroxylation sites is 2. The van der Waals surface area contributed by atoms with E-state index in [1.165, 1.54) is 6.20 Å². The smallest absolute Gasteiger partial charge is 0.338 e. The van der Waals surface area contributed by atoms with Gasteiger partial charge in [0.25, 0.3) is 5.91 Å². The van der Waals surface area contributed by atoms with Crippen LogP contribution in [0.15, 0.2) is 54.7 Å². The monoisotopic (exact) mass is 349 g/mol. The lowest BCUT2D eigenvalue weighted by atomic mass is 10.2. The molecule has 1 amide bonds. The number of fused-ring (bicyclic) bond motifs is 1. The van der Waals surface area contributed by atoms with Crippen molar-refractivity contribution in [3.05, 3.63) is 66.0 Å². The van der Waals surface area contributed by atoms with Crippen molar-refractivity contribution in [1.82, 2.24) is 9.97 Å². The highest BCUT2D eigenvalue weighted by Crippen LogP contribution is 2.13. The Kier molecular flexibility index (Phi) is 5.53. The predicted molar refractivity (Wildman–Crippen MR) is 99.1 cm³/mol. The molecule has 0 spiro atoms. The third-order valence-electron chi connectivity index (χ3n) is 3.79. The van der Waals surface area contributed by atoms with Crippen LogP contribution in [0, 0.1) is 0 Å². The number of hydrogen-bond acceptors (Lipinski definition) is 5. The van der Waals surface area contributed by atoms with Crippen LogP contribution < -0.4 is 5.32 Å². The molecule has 0 aliphatic carbocycles. The summed E-state index contributed by atoms with van der Waals surface area (Å²) in [7, 11) is 0. The summed E-state index contributed by atoms with van der Waals surface area (Å²) in [5, 5.41) is 2.75. The van der Waals surface area contributed by atoms with Crippen molar-refractivity contribution in [2.45, 2.75) is 19.8 Å². The Morgan fingerprint density at radius 2 is 1.77 bits per heavy atom. The fourth-order valence-corrected chi connectivity index (χ4v) is 2.34. The van der Waals surface area contributed by atoms with Crippen LogP contribution in [-0.2, 0) is 4.74 Å². The molecule has 1 aromatic heterocycles. The molecule has 0 atom stereocenters. The van der Waals surface area contributed by atoms with E-state index in [9.17, 15) is 9.59 Å². The number of benzene rings is 2. The van der Waals surface area contributed by atoms with Gasteiger partial charge in [-0.3, -0.25) is 9.78 Å². The average Bonchev–Trinajstić information content (AvgIpc) is 2.68. The van der Waals surface area contributed by atoms with Crippen molar-refractivity contribution >= 4 is 28.6 Å². The quantitative estimate of drug-likeness (QED) is 0.540. The molecule has 0 saturated heterocycles. The second kappa shape index (κ2) is 8.20. The van der Waals surface area contributed by atoms with E-state index < -0.39 is 0 Å². The lowest BCUT2D eigenvalue weighted by Gasteiger charge is -2.07. The van der Waals surface area contributed by atoms with Crippen molar-refractivity contribution < 1.29 is 14.3 Å². The maximum absolute atomic E-state index is 12.3. The molecule has 6 nitrogen and oxygen atoms in total. The van der Waals surface area contributed by atoms with Gasteiger partial charge in [0.15, 0.2) is 0 Å². The van der Waals surface area contributed by atoms with Crippen molar-refractivity contribution in [3.63, 3.8) is 0 Å². The van der Waals surface area contributed by atoms with E-state index >= 15 is 0 Å². The molecule has 6 heteroatoms. The second-order valence-corrected chi connectivity index (χ2v) is 5.76. The average molecular weight is 349 g/mol. The highest BCUT2D eigenvalue weighted by atomic mass is 16.5. The van der Waals surface area contributed by atoms with Gasteiger partial charge in [0.2, 0.25) is 0 Å². The van der Waals surface area contributed by atoms with Crippen LogP contribution in [0.4, 0.5) is 5.69 Å². The Labute approximate surface area is 151 Å². The summed E-state index contributed by atoms with van der Waals surface area (Å²) in [5.74, 6) is -0.724. The molecular formula is C20H19N3O3. The number of nitrogens with zero attached hydrogens (tertiary/aromatic N) is 2. The first-order valence-electron chi connectivity index (χ1n) is 8.47. The largest absolute Gasteiger partial charge is 0.462 e. The topological polar surface area (TPSA) is 81.2 Å². The van der Waals surface area contributed by atoms with Crippen LogP contribution >= 0.6 is 0 Å². The molecule has 1 heterocycles. The minimum absolute atomic E-state index is 0.228. The molecule has 26 heavy (non-hydrogen) atoms. The fourth-order valence-electron chi connectivity index (χ4n) is 2.34. The number of nitrogens with one attached hydrogen (secondary N) is 1. The molecule has 2 aromatic carbocycles. The predicted octanol–water partition coefficient (Wildman–Crippen LogP) is 3.84. The molecule has 3 rings (SSSR count). The number of carbonyl (C=O) groups is 2. The van der Waals surface area contributed by atoms with E-state index in [2.05, 4.69) is 15.3 Å².